The minimum atomic E-state index is -0.909. The maximum Gasteiger partial charge on any atom is 0.305 e. The standard InChI is InChI=1S/C9H11NO3S/c1-6-3-5-14-8(6)9(13)10-4-2-7(11)12/h3,5H,2,4H2,1H3,(H,10,13)(H,11,12). The van der Waals surface area contributed by atoms with Gasteiger partial charge < -0.3 is 10.4 Å². The second-order valence-corrected chi connectivity index (χ2v) is 3.75. The molecule has 0 bridgehead atoms. The van der Waals surface area contributed by atoms with E-state index >= 15 is 0 Å². The highest BCUT2D eigenvalue weighted by Crippen LogP contribution is 2.14. The summed E-state index contributed by atoms with van der Waals surface area (Å²) in [5.41, 5.74) is 0.919. The predicted octanol–water partition coefficient (Wildman–Crippen LogP) is 1.26. The maximum atomic E-state index is 11.4. The van der Waals surface area contributed by atoms with E-state index in [-0.39, 0.29) is 18.9 Å². The van der Waals surface area contributed by atoms with Crippen LogP contribution in [-0.2, 0) is 4.79 Å². The van der Waals surface area contributed by atoms with Crippen molar-refractivity contribution in [1.82, 2.24) is 5.32 Å². The monoisotopic (exact) mass is 213 g/mol. The number of carboxylic acids is 1. The number of nitrogens with one attached hydrogen (secondary N) is 1. The van der Waals surface area contributed by atoms with Crippen LogP contribution >= 0.6 is 11.3 Å². The molecule has 0 saturated heterocycles. The summed E-state index contributed by atoms with van der Waals surface area (Å²) in [5.74, 6) is -1.10. The molecule has 0 saturated carbocycles. The Morgan fingerprint density at radius 2 is 2.29 bits per heavy atom. The molecule has 4 nitrogen and oxygen atoms in total. The fourth-order valence-corrected chi connectivity index (χ4v) is 1.81. The van der Waals surface area contributed by atoms with Crippen LogP contribution in [0.15, 0.2) is 11.4 Å². The number of amides is 1. The molecule has 0 aliphatic carbocycles. The zero-order chi connectivity index (χ0) is 10.6. The van der Waals surface area contributed by atoms with E-state index in [9.17, 15) is 9.59 Å². The lowest BCUT2D eigenvalue weighted by Gasteiger charge is -2.01. The predicted molar refractivity (Wildman–Crippen MR) is 53.6 cm³/mol. The molecule has 5 heteroatoms. The topological polar surface area (TPSA) is 66.4 Å². The third kappa shape index (κ3) is 2.85. The molecule has 76 valence electrons. The molecule has 0 aliphatic heterocycles. The van der Waals surface area contributed by atoms with Gasteiger partial charge in [-0.3, -0.25) is 9.59 Å². The molecule has 0 spiro atoms. The minimum absolute atomic E-state index is 0.0455. The Balaban J connectivity index is 2.44. The van der Waals surface area contributed by atoms with Crippen molar-refractivity contribution in [1.29, 1.82) is 0 Å². The zero-order valence-corrected chi connectivity index (χ0v) is 8.56. The Kier molecular flexibility index (Phi) is 3.64. The first-order valence-electron chi connectivity index (χ1n) is 4.15. The van der Waals surface area contributed by atoms with Crippen molar-refractivity contribution in [3.63, 3.8) is 0 Å². The Morgan fingerprint density at radius 1 is 1.57 bits per heavy atom. The lowest BCUT2D eigenvalue weighted by atomic mass is 10.3. The van der Waals surface area contributed by atoms with Gasteiger partial charge in [0.15, 0.2) is 0 Å². The summed E-state index contributed by atoms with van der Waals surface area (Å²) in [7, 11) is 0. The average Bonchev–Trinajstić information content (AvgIpc) is 2.50. The molecule has 1 amide bonds. The van der Waals surface area contributed by atoms with E-state index in [0.29, 0.717) is 4.88 Å². The van der Waals surface area contributed by atoms with Gasteiger partial charge in [0.05, 0.1) is 11.3 Å². The van der Waals surface area contributed by atoms with E-state index in [1.807, 2.05) is 18.4 Å². The largest absolute Gasteiger partial charge is 0.481 e. The van der Waals surface area contributed by atoms with Gasteiger partial charge in [0.2, 0.25) is 0 Å². The first-order valence-corrected chi connectivity index (χ1v) is 5.03. The number of aliphatic carboxylic acids is 1. The first-order chi connectivity index (χ1) is 6.61. The summed E-state index contributed by atoms with van der Waals surface area (Å²) in [6, 6.07) is 1.86. The fourth-order valence-electron chi connectivity index (χ4n) is 0.969. The molecule has 0 atom stereocenters. The van der Waals surface area contributed by atoms with Crippen molar-refractivity contribution < 1.29 is 14.7 Å². The Labute approximate surface area is 85.6 Å². The third-order valence-electron chi connectivity index (χ3n) is 1.69. The van der Waals surface area contributed by atoms with E-state index < -0.39 is 5.97 Å². The lowest BCUT2D eigenvalue weighted by molar-refractivity contribution is -0.136. The summed E-state index contributed by atoms with van der Waals surface area (Å²) < 4.78 is 0. The molecule has 14 heavy (non-hydrogen) atoms. The number of aryl methyl sites for hydroxylation is 1. The molecule has 1 aromatic rings. The Hall–Kier alpha value is -1.36. The normalized spacial score (nSPS) is 9.79. The Bertz CT molecular complexity index is 346. The summed E-state index contributed by atoms with van der Waals surface area (Å²) in [6.07, 6.45) is -0.0455. The molecular formula is C9H11NO3S. The van der Waals surface area contributed by atoms with Gasteiger partial charge in [-0.05, 0) is 23.9 Å². The molecule has 0 radical (unpaired) electrons. The average molecular weight is 213 g/mol. The highest BCUT2D eigenvalue weighted by Gasteiger charge is 2.09. The van der Waals surface area contributed by atoms with Crippen LogP contribution in [0.1, 0.15) is 21.7 Å². The number of hydrogen-bond donors (Lipinski definition) is 2. The van der Waals surface area contributed by atoms with E-state index in [0.717, 1.165) is 5.56 Å². The van der Waals surface area contributed by atoms with Gasteiger partial charge in [0.25, 0.3) is 5.91 Å². The molecule has 1 rings (SSSR count). The SMILES string of the molecule is Cc1ccsc1C(=O)NCCC(=O)O. The quantitative estimate of drug-likeness (QED) is 0.791. The highest BCUT2D eigenvalue weighted by molar-refractivity contribution is 7.12. The lowest BCUT2D eigenvalue weighted by Crippen LogP contribution is -2.25. The zero-order valence-electron chi connectivity index (χ0n) is 7.74. The van der Waals surface area contributed by atoms with Gasteiger partial charge in [-0.25, -0.2) is 0 Å². The second-order valence-electron chi connectivity index (χ2n) is 2.83. The van der Waals surface area contributed by atoms with Crippen molar-refractivity contribution in [2.24, 2.45) is 0 Å². The molecular weight excluding hydrogens is 202 g/mol. The van der Waals surface area contributed by atoms with Crippen LogP contribution in [0.4, 0.5) is 0 Å². The molecule has 0 fully saturated rings. The van der Waals surface area contributed by atoms with Crippen LogP contribution in [0.3, 0.4) is 0 Å². The number of rotatable bonds is 4. The highest BCUT2D eigenvalue weighted by atomic mass is 32.1. The van der Waals surface area contributed by atoms with Crippen LogP contribution in [0.2, 0.25) is 0 Å². The van der Waals surface area contributed by atoms with Crippen LogP contribution in [0, 0.1) is 6.92 Å². The number of thiophene rings is 1. The molecule has 0 aliphatic rings. The van der Waals surface area contributed by atoms with E-state index in [4.69, 9.17) is 5.11 Å². The van der Waals surface area contributed by atoms with Crippen LogP contribution in [0.25, 0.3) is 0 Å². The summed E-state index contributed by atoms with van der Waals surface area (Å²) >= 11 is 1.36. The van der Waals surface area contributed by atoms with Gasteiger partial charge in [-0.15, -0.1) is 11.3 Å². The van der Waals surface area contributed by atoms with Gasteiger partial charge in [-0.2, -0.15) is 0 Å². The van der Waals surface area contributed by atoms with Gasteiger partial charge in [0.1, 0.15) is 0 Å². The smallest absolute Gasteiger partial charge is 0.305 e. The molecule has 1 heterocycles. The van der Waals surface area contributed by atoms with Gasteiger partial charge in [0, 0.05) is 6.54 Å². The summed E-state index contributed by atoms with van der Waals surface area (Å²) in [4.78, 5) is 22.2. The fraction of sp³-hybridized carbons (Fsp3) is 0.333. The molecule has 2 N–H and O–H groups in total. The van der Waals surface area contributed by atoms with Gasteiger partial charge in [-0.1, -0.05) is 0 Å². The minimum Gasteiger partial charge on any atom is -0.481 e. The van der Waals surface area contributed by atoms with E-state index in [1.165, 1.54) is 11.3 Å². The third-order valence-corrected chi connectivity index (χ3v) is 2.71. The van der Waals surface area contributed by atoms with Crippen LogP contribution in [-0.4, -0.2) is 23.5 Å². The number of carbonyl (C=O) groups is 2. The summed E-state index contributed by atoms with van der Waals surface area (Å²) in [6.45, 7) is 2.02. The van der Waals surface area contributed by atoms with Crippen molar-refractivity contribution in [3.8, 4) is 0 Å². The van der Waals surface area contributed by atoms with Crippen molar-refractivity contribution in [2.45, 2.75) is 13.3 Å². The van der Waals surface area contributed by atoms with E-state index in [2.05, 4.69) is 5.32 Å². The van der Waals surface area contributed by atoms with Gasteiger partial charge >= 0.3 is 5.97 Å². The van der Waals surface area contributed by atoms with Crippen molar-refractivity contribution >= 4 is 23.2 Å². The summed E-state index contributed by atoms with van der Waals surface area (Å²) in [5, 5.41) is 12.7. The first kappa shape index (κ1) is 10.7. The van der Waals surface area contributed by atoms with Crippen molar-refractivity contribution in [3.05, 3.63) is 21.9 Å². The molecule has 1 aromatic heterocycles. The molecule has 0 aromatic carbocycles. The Morgan fingerprint density at radius 3 is 2.79 bits per heavy atom. The molecule has 0 unspecified atom stereocenters. The maximum absolute atomic E-state index is 11.4. The van der Waals surface area contributed by atoms with Crippen molar-refractivity contribution in [2.75, 3.05) is 6.54 Å². The number of carbonyl (C=O) groups excluding carboxylic acids is 1. The van der Waals surface area contributed by atoms with Crippen LogP contribution in [0.5, 0.6) is 0 Å². The number of carboxylic acid groups (broad SMARTS) is 1. The second kappa shape index (κ2) is 4.76. The van der Waals surface area contributed by atoms with Crippen LogP contribution < -0.4 is 5.32 Å². The van der Waals surface area contributed by atoms with E-state index in [1.54, 1.807) is 0 Å². The number of hydrogen-bond acceptors (Lipinski definition) is 3.